The molecule has 2 aliphatic heterocycles. The molecule has 0 radical (unpaired) electrons. The van der Waals surface area contributed by atoms with Gasteiger partial charge in [0, 0.05) is 54.1 Å². The van der Waals surface area contributed by atoms with E-state index in [0.717, 1.165) is 74.4 Å². The molecule has 9 nitrogen and oxygen atoms in total. The highest BCUT2D eigenvalue weighted by Crippen LogP contribution is 2.44. The molecular formula is C39H49N5O4S. The van der Waals surface area contributed by atoms with Crippen LogP contribution in [0.4, 0.5) is 9.59 Å². The lowest BCUT2D eigenvalue weighted by Gasteiger charge is -2.29. The maximum Gasteiger partial charge on any atom is 0.418 e. The van der Waals surface area contributed by atoms with Crippen LogP contribution in [-0.4, -0.2) is 76.0 Å². The van der Waals surface area contributed by atoms with Crippen molar-refractivity contribution in [3.8, 4) is 11.3 Å². The number of amides is 3. The van der Waals surface area contributed by atoms with E-state index in [0.29, 0.717) is 13.1 Å². The number of thiophene rings is 1. The summed E-state index contributed by atoms with van der Waals surface area (Å²) in [7, 11) is 0. The number of imide groups is 1. The minimum atomic E-state index is -0.669. The molecule has 3 atom stereocenters. The summed E-state index contributed by atoms with van der Waals surface area (Å²) in [4.78, 5) is 54.4. The molecule has 0 spiro atoms. The van der Waals surface area contributed by atoms with Gasteiger partial charge in [-0.25, -0.2) is 14.5 Å². The second-order valence-corrected chi connectivity index (χ2v) is 15.8. The molecule has 49 heavy (non-hydrogen) atoms. The van der Waals surface area contributed by atoms with Crippen molar-refractivity contribution in [1.29, 1.82) is 0 Å². The van der Waals surface area contributed by atoms with Crippen molar-refractivity contribution in [3.05, 3.63) is 75.9 Å². The number of hydrogen-bond donors (Lipinski definition) is 2. The molecule has 2 N–H and O–H groups in total. The van der Waals surface area contributed by atoms with Gasteiger partial charge in [0.25, 0.3) is 0 Å². The van der Waals surface area contributed by atoms with Gasteiger partial charge < -0.3 is 19.9 Å². The third kappa shape index (κ3) is 7.17. The van der Waals surface area contributed by atoms with Crippen molar-refractivity contribution >= 4 is 39.5 Å². The fourth-order valence-corrected chi connectivity index (χ4v) is 8.69. The first-order valence-corrected chi connectivity index (χ1v) is 18.3. The van der Waals surface area contributed by atoms with Gasteiger partial charge in [-0.05, 0) is 114 Å². The number of benzene rings is 1. The highest BCUT2D eigenvalue weighted by atomic mass is 32.1. The standard InChI is InChI=1S/C39H49N5O4S/c1-23(2)48-38(47)44(37(46)43-16-12-28(22-43)27-10-14-40-15-11-27)21-26(5)33-30-20-32(39(6,7)35(45)31-9-8-13-41-31)49-36(30)42-34(33)29-18-24(3)17-25(4)19-29/h10-11,14-15,17-20,23,26,28,31,41-42H,8-9,12-13,16,21-22H2,1-7H3. The maximum atomic E-state index is 14.2. The SMILES string of the molecule is Cc1cc(C)cc(-c2[nH]c3sc(C(C)(C)C(=O)C4CCCN4)cc3c2C(C)CN(C(=O)OC(C)C)C(=O)N2CCC(c3ccncc3)C2)c1. The van der Waals surface area contributed by atoms with Gasteiger partial charge in [0.1, 0.15) is 4.83 Å². The molecule has 0 aliphatic carbocycles. The first kappa shape index (κ1) is 34.8. The number of aromatic amines is 1. The van der Waals surface area contributed by atoms with E-state index in [1.807, 2.05) is 26.0 Å². The monoisotopic (exact) mass is 683 g/mol. The Balaban J connectivity index is 1.37. The van der Waals surface area contributed by atoms with Crippen LogP contribution in [-0.2, 0) is 14.9 Å². The molecular weight excluding hydrogens is 635 g/mol. The zero-order valence-corrected chi connectivity index (χ0v) is 30.6. The highest BCUT2D eigenvalue weighted by molar-refractivity contribution is 7.19. The topological polar surface area (TPSA) is 108 Å². The van der Waals surface area contributed by atoms with Crippen molar-refractivity contribution in [3.63, 3.8) is 0 Å². The number of carbonyl (C=O) groups is 3. The Labute approximate surface area is 293 Å². The number of likely N-dealkylation sites (tertiary alicyclic amines) is 1. The van der Waals surface area contributed by atoms with Crippen LogP contribution in [0.3, 0.4) is 0 Å². The number of hydrogen-bond acceptors (Lipinski definition) is 7. The molecule has 1 aromatic carbocycles. The molecule has 3 aromatic heterocycles. The van der Waals surface area contributed by atoms with Crippen LogP contribution >= 0.6 is 11.3 Å². The molecule has 0 bridgehead atoms. The number of H-pyrrole nitrogens is 1. The van der Waals surface area contributed by atoms with Crippen LogP contribution in [0.25, 0.3) is 21.5 Å². The number of urea groups is 1. The van der Waals surface area contributed by atoms with Crippen LogP contribution < -0.4 is 5.32 Å². The number of rotatable bonds is 9. The predicted octanol–water partition coefficient (Wildman–Crippen LogP) is 8.07. The van der Waals surface area contributed by atoms with Gasteiger partial charge in [-0.1, -0.05) is 24.1 Å². The summed E-state index contributed by atoms with van der Waals surface area (Å²) in [5.74, 6) is 0.147. The largest absolute Gasteiger partial charge is 0.446 e. The number of ether oxygens (including phenoxy) is 1. The van der Waals surface area contributed by atoms with E-state index in [1.54, 1.807) is 42.5 Å². The molecule has 2 saturated heterocycles. The van der Waals surface area contributed by atoms with Crippen molar-refractivity contribution in [2.24, 2.45) is 0 Å². The van der Waals surface area contributed by atoms with E-state index < -0.39 is 11.5 Å². The summed E-state index contributed by atoms with van der Waals surface area (Å²) in [6.45, 7) is 16.0. The second-order valence-electron chi connectivity index (χ2n) is 14.7. The Bertz CT molecular complexity index is 1820. The molecule has 3 unspecified atom stereocenters. The van der Waals surface area contributed by atoms with Gasteiger partial charge in [-0.3, -0.25) is 9.78 Å². The molecule has 3 amide bonds. The number of pyridine rings is 1. The molecule has 10 heteroatoms. The Hall–Kier alpha value is -4.02. The van der Waals surface area contributed by atoms with E-state index in [1.165, 1.54) is 4.90 Å². The number of carbonyl (C=O) groups excluding carboxylic acids is 3. The van der Waals surface area contributed by atoms with E-state index in [-0.39, 0.29) is 42.3 Å². The zero-order valence-electron chi connectivity index (χ0n) is 29.8. The average molecular weight is 684 g/mol. The smallest absolute Gasteiger partial charge is 0.418 e. The lowest BCUT2D eigenvalue weighted by molar-refractivity contribution is -0.125. The van der Waals surface area contributed by atoms with E-state index >= 15 is 0 Å². The van der Waals surface area contributed by atoms with Crippen molar-refractivity contribution in [2.75, 3.05) is 26.2 Å². The van der Waals surface area contributed by atoms with Gasteiger partial charge in [0.2, 0.25) is 0 Å². The van der Waals surface area contributed by atoms with Crippen LogP contribution in [0.1, 0.15) is 92.8 Å². The van der Waals surface area contributed by atoms with Crippen LogP contribution in [0.2, 0.25) is 0 Å². The van der Waals surface area contributed by atoms with Gasteiger partial charge in [-0.15, -0.1) is 11.3 Å². The molecule has 4 aromatic rings. The van der Waals surface area contributed by atoms with Gasteiger partial charge in [0.05, 0.1) is 23.3 Å². The molecule has 2 fully saturated rings. The Morgan fingerprint density at radius 1 is 1.06 bits per heavy atom. The number of nitrogens with one attached hydrogen (secondary N) is 2. The maximum absolute atomic E-state index is 14.2. The lowest BCUT2D eigenvalue weighted by Crippen LogP contribution is -2.47. The van der Waals surface area contributed by atoms with Crippen molar-refractivity contribution in [2.45, 2.75) is 97.1 Å². The number of nitrogens with zero attached hydrogens (tertiary/aromatic N) is 3. The zero-order chi connectivity index (χ0) is 35.0. The quantitative estimate of drug-likeness (QED) is 0.185. The van der Waals surface area contributed by atoms with E-state index in [2.05, 4.69) is 60.3 Å². The Kier molecular flexibility index (Phi) is 10.0. The van der Waals surface area contributed by atoms with Gasteiger partial charge in [-0.2, -0.15) is 0 Å². The fourth-order valence-electron chi connectivity index (χ4n) is 7.50. The molecule has 6 rings (SSSR count). The summed E-state index contributed by atoms with van der Waals surface area (Å²) in [5.41, 5.74) is 5.82. The fraction of sp³-hybridized carbons (Fsp3) is 0.487. The van der Waals surface area contributed by atoms with E-state index in [4.69, 9.17) is 4.74 Å². The number of Topliss-reactive ketones (excluding diaryl/α,β-unsaturated/α-hetero) is 1. The third-order valence-corrected chi connectivity index (χ3v) is 11.4. The average Bonchev–Trinajstić information content (AvgIpc) is 3.87. The second kappa shape index (κ2) is 14.1. The van der Waals surface area contributed by atoms with Crippen LogP contribution in [0.5, 0.6) is 0 Å². The number of aryl methyl sites for hydroxylation is 2. The van der Waals surface area contributed by atoms with Crippen molar-refractivity contribution in [1.82, 2.24) is 25.1 Å². The third-order valence-electron chi connectivity index (χ3n) is 10.0. The van der Waals surface area contributed by atoms with Crippen molar-refractivity contribution < 1.29 is 19.1 Å². The van der Waals surface area contributed by atoms with Gasteiger partial charge in [0.15, 0.2) is 5.78 Å². The summed E-state index contributed by atoms with van der Waals surface area (Å²) in [6, 6.07) is 12.1. The lowest BCUT2D eigenvalue weighted by atomic mass is 9.82. The number of aromatic nitrogens is 2. The summed E-state index contributed by atoms with van der Waals surface area (Å²) in [5, 5.41) is 4.40. The normalized spacial score (nSPS) is 18.7. The molecule has 5 heterocycles. The minimum absolute atomic E-state index is 0.130. The predicted molar refractivity (Wildman–Crippen MR) is 195 cm³/mol. The summed E-state index contributed by atoms with van der Waals surface area (Å²) in [6.07, 6.45) is 5.22. The number of ketones is 1. The Morgan fingerprint density at radius 3 is 2.43 bits per heavy atom. The van der Waals surface area contributed by atoms with Crippen LogP contribution in [0, 0.1) is 13.8 Å². The summed E-state index contributed by atoms with van der Waals surface area (Å²) < 4.78 is 5.66. The summed E-state index contributed by atoms with van der Waals surface area (Å²) >= 11 is 1.62. The number of fused-ring (bicyclic) bond motifs is 1. The minimum Gasteiger partial charge on any atom is -0.446 e. The molecule has 2 aliphatic rings. The van der Waals surface area contributed by atoms with Gasteiger partial charge >= 0.3 is 12.1 Å². The first-order chi connectivity index (χ1) is 23.3. The molecule has 0 saturated carbocycles. The van der Waals surface area contributed by atoms with E-state index in [9.17, 15) is 14.4 Å². The Morgan fingerprint density at radius 2 is 1.78 bits per heavy atom. The van der Waals surface area contributed by atoms with Crippen LogP contribution in [0.15, 0.2) is 48.8 Å². The first-order valence-electron chi connectivity index (χ1n) is 17.5. The highest BCUT2D eigenvalue weighted by Gasteiger charge is 2.39. The molecule has 260 valence electrons.